The molecule has 1 heterocycles. The Bertz CT molecular complexity index is 1130. The SMILES string of the molecule is Cc1ccc(CN2CCN(/N=C/c3c4ccccc4cc4ccccc34)CC2)cc1. The Balaban J connectivity index is 1.32. The van der Waals surface area contributed by atoms with Crippen molar-refractivity contribution in [2.45, 2.75) is 13.5 Å². The smallest absolute Gasteiger partial charge is 0.0555 e. The summed E-state index contributed by atoms with van der Waals surface area (Å²) >= 11 is 0. The van der Waals surface area contributed by atoms with Crippen LogP contribution in [-0.4, -0.2) is 42.3 Å². The first kappa shape index (κ1) is 18.8. The first-order valence-electron chi connectivity index (χ1n) is 10.7. The van der Waals surface area contributed by atoms with Crippen molar-refractivity contribution in [2.75, 3.05) is 26.2 Å². The molecule has 0 bridgehead atoms. The van der Waals surface area contributed by atoms with Gasteiger partial charge in [-0.2, -0.15) is 5.10 Å². The van der Waals surface area contributed by atoms with Crippen LogP contribution < -0.4 is 0 Å². The van der Waals surface area contributed by atoms with E-state index in [0.717, 1.165) is 32.7 Å². The maximum atomic E-state index is 4.89. The predicted octanol–water partition coefficient (Wildman–Crippen LogP) is 5.45. The third-order valence-corrected chi connectivity index (χ3v) is 6.04. The molecule has 30 heavy (non-hydrogen) atoms. The molecule has 0 amide bonds. The van der Waals surface area contributed by atoms with Crippen LogP contribution in [0, 0.1) is 6.92 Å². The normalized spacial score (nSPS) is 15.4. The van der Waals surface area contributed by atoms with Crippen LogP contribution in [0.15, 0.2) is 84.0 Å². The first-order valence-corrected chi connectivity index (χ1v) is 10.7. The summed E-state index contributed by atoms with van der Waals surface area (Å²) in [5, 5.41) is 12.2. The van der Waals surface area contributed by atoms with Gasteiger partial charge in [0.1, 0.15) is 0 Å². The molecule has 0 aliphatic carbocycles. The predicted molar refractivity (Wildman–Crippen MR) is 127 cm³/mol. The molecule has 1 saturated heterocycles. The van der Waals surface area contributed by atoms with Crippen molar-refractivity contribution in [3.8, 4) is 0 Å². The fraction of sp³-hybridized carbons (Fsp3) is 0.222. The molecule has 0 saturated carbocycles. The number of aryl methyl sites for hydroxylation is 1. The molecule has 1 fully saturated rings. The fourth-order valence-corrected chi connectivity index (χ4v) is 4.29. The van der Waals surface area contributed by atoms with Crippen LogP contribution in [0.25, 0.3) is 21.5 Å². The van der Waals surface area contributed by atoms with E-state index in [1.165, 1.54) is 38.2 Å². The number of hydrogen-bond acceptors (Lipinski definition) is 3. The molecule has 5 rings (SSSR count). The average molecular weight is 394 g/mol. The number of benzene rings is 4. The second-order valence-corrected chi connectivity index (χ2v) is 8.19. The minimum atomic E-state index is 0.963. The van der Waals surface area contributed by atoms with Gasteiger partial charge in [-0.1, -0.05) is 78.4 Å². The minimum Gasteiger partial charge on any atom is -0.295 e. The number of nitrogens with zero attached hydrogens (tertiary/aromatic N) is 3. The van der Waals surface area contributed by atoms with Gasteiger partial charge >= 0.3 is 0 Å². The standard InChI is InChI=1S/C27H27N3/c1-21-10-12-22(13-11-21)20-29-14-16-30(17-15-29)28-19-27-25-8-4-2-6-23(25)18-24-7-3-5-9-26(24)27/h2-13,18-19H,14-17,20H2,1H3/b28-19+. The molecule has 0 N–H and O–H groups in total. The molecule has 4 aromatic carbocycles. The topological polar surface area (TPSA) is 18.8 Å². The Labute approximate surface area is 178 Å². The van der Waals surface area contributed by atoms with Crippen LogP contribution in [0.5, 0.6) is 0 Å². The van der Waals surface area contributed by atoms with Crippen LogP contribution in [0.1, 0.15) is 16.7 Å². The summed E-state index contributed by atoms with van der Waals surface area (Å²) in [7, 11) is 0. The van der Waals surface area contributed by atoms with E-state index in [-0.39, 0.29) is 0 Å². The van der Waals surface area contributed by atoms with E-state index < -0.39 is 0 Å². The van der Waals surface area contributed by atoms with Crippen molar-refractivity contribution in [3.63, 3.8) is 0 Å². The molecule has 1 aliphatic rings. The van der Waals surface area contributed by atoms with E-state index in [4.69, 9.17) is 5.10 Å². The highest BCUT2D eigenvalue weighted by Crippen LogP contribution is 2.27. The summed E-state index contributed by atoms with van der Waals surface area (Å²) in [5.41, 5.74) is 3.92. The van der Waals surface area contributed by atoms with Gasteiger partial charge in [-0.25, -0.2) is 0 Å². The van der Waals surface area contributed by atoms with Gasteiger partial charge in [-0.05, 0) is 40.1 Å². The molecule has 3 heteroatoms. The van der Waals surface area contributed by atoms with Crippen molar-refractivity contribution < 1.29 is 0 Å². The summed E-state index contributed by atoms with van der Waals surface area (Å²) in [4.78, 5) is 2.52. The third kappa shape index (κ3) is 3.94. The van der Waals surface area contributed by atoms with E-state index in [1.54, 1.807) is 0 Å². The summed E-state index contributed by atoms with van der Waals surface area (Å²) in [6, 6.07) is 28.3. The zero-order chi connectivity index (χ0) is 20.3. The highest BCUT2D eigenvalue weighted by atomic mass is 15.5. The van der Waals surface area contributed by atoms with Gasteiger partial charge in [-0.3, -0.25) is 9.91 Å². The molecule has 1 aliphatic heterocycles. The zero-order valence-electron chi connectivity index (χ0n) is 17.5. The van der Waals surface area contributed by atoms with Crippen molar-refractivity contribution in [1.29, 1.82) is 0 Å². The number of hydrazone groups is 1. The van der Waals surface area contributed by atoms with Crippen LogP contribution >= 0.6 is 0 Å². The lowest BCUT2D eigenvalue weighted by Gasteiger charge is -2.33. The Kier molecular flexibility index (Phi) is 5.20. The molecular formula is C27H27N3. The van der Waals surface area contributed by atoms with E-state index in [1.807, 2.05) is 0 Å². The largest absolute Gasteiger partial charge is 0.295 e. The quantitative estimate of drug-likeness (QED) is 0.339. The number of fused-ring (bicyclic) bond motifs is 2. The van der Waals surface area contributed by atoms with E-state index in [2.05, 4.69) is 102 Å². The summed E-state index contributed by atoms with van der Waals surface area (Å²) in [6.07, 6.45) is 2.07. The Morgan fingerprint density at radius 2 is 1.37 bits per heavy atom. The lowest BCUT2D eigenvalue weighted by atomic mass is 9.97. The third-order valence-electron chi connectivity index (χ3n) is 6.04. The number of rotatable bonds is 4. The summed E-state index contributed by atoms with van der Waals surface area (Å²) < 4.78 is 0. The van der Waals surface area contributed by atoms with Crippen LogP contribution in [0.2, 0.25) is 0 Å². The van der Waals surface area contributed by atoms with E-state index in [9.17, 15) is 0 Å². The molecule has 0 aromatic heterocycles. The van der Waals surface area contributed by atoms with Crippen molar-refractivity contribution in [1.82, 2.24) is 9.91 Å². The molecule has 150 valence electrons. The second kappa shape index (κ2) is 8.29. The summed E-state index contributed by atoms with van der Waals surface area (Å²) in [5.74, 6) is 0. The van der Waals surface area contributed by atoms with Crippen molar-refractivity contribution in [3.05, 3.63) is 95.6 Å². The van der Waals surface area contributed by atoms with Crippen LogP contribution in [0.4, 0.5) is 0 Å². The Morgan fingerprint density at radius 3 is 2.00 bits per heavy atom. The minimum absolute atomic E-state index is 0.963. The van der Waals surface area contributed by atoms with E-state index in [0.29, 0.717) is 0 Å². The van der Waals surface area contributed by atoms with Gasteiger partial charge in [0.25, 0.3) is 0 Å². The highest BCUT2D eigenvalue weighted by molar-refractivity contribution is 6.13. The van der Waals surface area contributed by atoms with Crippen LogP contribution in [-0.2, 0) is 6.54 Å². The first-order chi connectivity index (χ1) is 14.8. The van der Waals surface area contributed by atoms with Gasteiger partial charge in [0, 0.05) is 38.3 Å². The fourth-order valence-electron chi connectivity index (χ4n) is 4.29. The maximum absolute atomic E-state index is 4.89. The second-order valence-electron chi connectivity index (χ2n) is 8.19. The molecule has 4 aromatic rings. The van der Waals surface area contributed by atoms with E-state index >= 15 is 0 Å². The van der Waals surface area contributed by atoms with Gasteiger partial charge in [0.15, 0.2) is 0 Å². The maximum Gasteiger partial charge on any atom is 0.0555 e. The molecule has 0 atom stereocenters. The van der Waals surface area contributed by atoms with Crippen molar-refractivity contribution in [2.24, 2.45) is 5.10 Å². The van der Waals surface area contributed by atoms with Crippen LogP contribution in [0.3, 0.4) is 0 Å². The lowest BCUT2D eigenvalue weighted by molar-refractivity contribution is 0.131. The monoisotopic (exact) mass is 393 g/mol. The average Bonchev–Trinajstić information content (AvgIpc) is 2.79. The van der Waals surface area contributed by atoms with Crippen molar-refractivity contribution >= 4 is 27.8 Å². The zero-order valence-corrected chi connectivity index (χ0v) is 17.5. The Hall–Kier alpha value is -3.17. The van der Waals surface area contributed by atoms with Gasteiger partial charge in [0.05, 0.1) is 6.21 Å². The highest BCUT2D eigenvalue weighted by Gasteiger charge is 2.15. The Morgan fingerprint density at radius 1 is 0.767 bits per heavy atom. The summed E-state index contributed by atoms with van der Waals surface area (Å²) in [6.45, 7) is 7.17. The molecule has 3 nitrogen and oxygen atoms in total. The molecule has 0 spiro atoms. The van der Waals surface area contributed by atoms with Gasteiger partial charge in [0.2, 0.25) is 0 Å². The molecule has 0 radical (unpaired) electrons. The van der Waals surface area contributed by atoms with Gasteiger partial charge in [-0.15, -0.1) is 0 Å². The number of hydrogen-bond donors (Lipinski definition) is 0. The molecule has 0 unspecified atom stereocenters. The lowest BCUT2D eigenvalue weighted by Crippen LogP contribution is -2.43. The molecular weight excluding hydrogens is 366 g/mol. The van der Waals surface area contributed by atoms with Gasteiger partial charge < -0.3 is 0 Å². The number of piperazine rings is 1.